The van der Waals surface area contributed by atoms with Crippen molar-refractivity contribution in [3.8, 4) is 11.5 Å². The number of rotatable bonds is 4. The predicted octanol–water partition coefficient (Wildman–Crippen LogP) is 5.81. The number of benzene rings is 3. The molecule has 3 aromatic carbocycles. The van der Waals surface area contributed by atoms with E-state index in [1.54, 1.807) is 38.2 Å². The minimum atomic E-state index is -0.352. The van der Waals surface area contributed by atoms with Crippen LogP contribution in [0.2, 0.25) is 0 Å². The maximum Gasteiger partial charge on any atom is 0.322 e. The van der Waals surface area contributed by atoms with Crippen molar-refractivity contribution in [3.63, 3.8) is 0 Å². The summed E-state index contributed by atoms with van der Waals surface area (Å²) >= 11 is 0. The molecule has 2 heterocycles. The van der Waals surface area contributed by atoms with Crippen LogP contribution in [-0.4, -0.2) is 36.7 Å². The number of halogens is 1. The Balaban J connectivity index is 1.57. The summed E-state index contributed by atoms with van der Waals surface area (Å²) in [6.45, 7) is 2.20. The number of hydrogen-bond donors (Lipinski definition) is 2. The third kappa shape index (κ3) is 3.83. The van der Waals surface area contributed by atoms with Crippen molar-refractivity contribution < 1.29 is 18.7 Å². The number of nitrogens with zero attached hydrogens (tertiary/aromatic N) is 1. The number of nitrogens with one attached hydrogen (secondary N) is 2. The van der Waals surface area contributed by atoms with Crippen molar-refractivity contribution in [3.05, 3.63) is 88.9 Å². The fourth-order valence-corrected chi connectivity index (χ4v) is 4.61. The first-order valence-electron chi connectivity index (χ1n) is 11.1. The summed E-state index contributed by atoms with van der Waals surface area (Å²) in [5.74, 6) is 1.18. The van der Waals surface area contributed by atoms with Gasteiger partial charge in [0.05, 0.1) is 20.3 Å². The number of aryl methyl sites for hydroxylation is 1. The van der Waals surface area contributed by atoms with E-state index in [1.807, 2.05) is 42.5 Å². The standard InChI is InChI=1S/C27H26FN3O3/c1-16-4-7-18(14-23(16)28)29-27(32)31-13-12-21-22-15-20(34-3)10-11-24(22)30-25(21)26(31)17-5-8-19(33-2)9-6-17/h4-11,14-15,26,30H,12-13H2,1-3H3,(H,29,32). The van der Waals surface area contributed by atoms with Gasteiger partial charge >= 0.3 is 6.03 Å². The first-order chi connectivity index (χ1) is 16.5. The Morgan fingerprint density at radius 3 is 2.47 bits per heavy atom. The molecule has 0 saturated heterocycles. The number of carbonyl (C=O) groups excluding carboxylic acids is 1. The quantitative estimate of drug-likeness (QED) is 0.405. The van der Waals surface area contributed by atoms with Gasteiger partial charge in [0.15, 0.2) is 0 Å². The first kappa shape index (κ1) is 21.8. The van der Waals surface area contributed by atoms with E-state index in [4.69, 9.17) is 9.47 Å². The third-order valence-corrected chi connectivity index (χ3v) is 6.45. The zero-order valence-electron chi connectivity index (χ0n) is 19.3. The van der Waals surface area contributed by atoms with Crippen molar-refractivity contribution in [1.82, 2.24) is 9.88 Å². The Morgan fingerprint density at radius 2 is 1.76 bits per heavy atom. The molecule has 2 amide bonds. The van der Waals surface area contributed by atoms with Gasteiger partial charge < -0.3 is 24.7 Å². The van der Waals surface area contributed by atoms with Crippen LogP contribution in [-0.2, 0) is 6.42 Å². The van der Waals surface area contributed by atoms with Crippen LogP contribution >= 0.6 is 0 Å². The van der Waals surface area contributed by atoms with E-state index in [1.165, 1.54) is 11.6 Å². The third-order valence-electron chi connectivity index (χ3n) is 6.45. The van der Waals surface area contributed by atoms with Crippen LogP contribution in [0.5, 0.6) is 11.5 Å². The lowest BCUT2D eigenvalue weighted by atomic mass is 9.92. The van der Waals surface area contributed by atoms with Crippen molar-refractivity contribution in [2.24, 2.45) is 0 Å². The van der Waals surface area contributed by atoms with Crippen molar-refractivity contribution >= 4 is 22.6 Å². The van der Waals surface area contributed by atoms with Crippen LogP contribution in [0.25, 0.3) is 10.9 Å². The normalized spacial score (nSPS) is 15.2. The zero-order valence-corrected chi connectivity index (χ0v) is 19.3. The lowest BCUT2D eigenvalue weighted by Gasteiger charge is -2.36. The monoisotopic (exact) mass is 459 g/mol. The Kier molecular flexibility index (Phi) is 5.61. The molecule has 5 rings (SSSR count). The van der Waals surface area contributed by atoms with E-state index >= 15 is 0 Å². The second kappa shape index (κ2) is 8.74. The lowest BCUT2D eigenvalue weighted by molar-refractivity contribution is 0.193. The first-order valence-corrected chi connectivity index (χ1v) is 11.1. The number of aromatic nitrogens is 1. The number of methoxy groups -OCH3 is 2. The molecule has 0 bridgehead atoms. The number of hydrogen-bond acceptors (Lipinski definition) is 3. The SMILES string of the molecule is COc1ccc(C2c3[nH]c4ccc(OC)cc4c3CCN2C(=O)Nc2ccc(C)c(F)c2)cc1. The van der Waals surface area contributed by atoms with Gasteiger partial charge in [0.1, 0.15) is 17.3 Å². The highest BCUT2D eigenvalue weighted by molar-refractivity contribution is 5.92. The molecule has 1 unspecified atom stereocenters. The van der Waals surface area contributed by atoms with Gasteiger partial charge in [-0.25, -0.2) is 9.18 Å². The van der Waals surface area contributed by atoms with Gasteiger partial charge in [-0.1, -0.05) is 18.2 Å². The fraction of sp³-hybridized carbons (Fsp3) is 0.222. The number of amides is 2. The number of aromatic amines is 1. The maximum atomic E-state index is 14.1. The molecular formula is C27H26FN3O3. The van der Waals surface area contributed by atoms with Crippen LogP contribution in [0, 0.1) is 12.7 Å². The Morgan fingerprint density at radius 1 is 1.03 bits per heavy atom. The largest absolute Gasteiger partial charge is 0.497 e. The van der Waals surface area contributed by atoms with Gasteiger partial charge in [-0.15, -0.1) is 0 Å². The number of carbonyl (C=O) groups is 1. The van der Waals surface area contributed by atoms with E-state index in [0.717, 1.165) is 33.7 Å². The van der Waals surface area contributed by atoms with Crippen molar-refractivity contribution in [2.75, 3.05) is 26.1 Å². The topological polar surface area (TPSA) is 66.6 Å². The molecule has 4 aromatic rings. The molecule has 0 fully saturated rings. The van der Waals surface area contributed by atoms with E-state index in [2.05, 4.69) is 10.3 Å². The molecule has 0 spiro atoms. The molecule has 0 saturated carbocycles. The fourth-order valence-electron chi connectivity index (χ4n) is 4.61. The Hall–Kier alpha value is -4.00. The van der Waals surface area contributed by atoms with Crippen molar-refractivity contribution in [2.45, 2.75) is 19.4 Å². The Labute approximate surface area is 197 Å². The average Bonchev–Trinajstić information content (AvgIpc) is 3.23. The van der Waals surface area contributed by atoms with Gasteiger partial charge in [0.25, 0.3) is 0 Å². The number of ether oxygens (including phenoxy) is 2. The molecule has 6 nitrogen and oxygen atoms in total. The van der Waals surface area contributed by atoms with Crippen LogP contribution in [0.1, 0.15) is 28.4 Å². The summed E-state index contributed by atoms with van der Waals surface area (Å²) in [7, 11) is 3.28. The lowest BCUT2D eigenvalue weighted by Crippen LogP contribution is -2.43. The number of fused-ring (bicyclic) bond motifs is 3. The van der Waals surface area contributed by atoms with Gasteiger partial charge in [-0.05, 0) is 72.5 Å². The minimum Gasteiger partial charge on any atom is -0.497 e. The molecule has 0 radical (unpaired) electrons. The number of H-pyrrole nitrogens is 1. The molecule has 174 valence electrons. The maximum absolute atomic E-state index is 14.1. The summed E-state index contributed by atoms with van der Waals surface area (Å²) in [5, 5.41) is 3.96. The summed E-state index contributed by atoms with van der Waals surface area (Å²) < 4.78 is 24.8. The second-order valence-electron chi connectivity index (χ2n) is 8.44. The summed E-state index contributed by atoms with van der Waals surface area (Å²) in [4.78, 5) is 18.8. The average molecular weight is 460 g/mol. The number of anilines is 1. The highest BCUT2D eigenvalue weighted by atomic mass is 19.1. The molecule has 1 atom stereocenters. The molecule has 1 aromatic heterocycles. The van der Waals surface area contributed by atoms with E-state index in [9.17, 15) is 9.18 Å². The van der Waals surface area contributed by atoms with Crippen LogP contribution in [0.3, 0.4) is 0 Å². The highest BCUT2D eigenvalue weighted by Gasteiger charge is 2.34. The van der Waals surface area contributed by atoms with Gasteiger partial charge in [0.2, 0.25) is 0 Å². The van der Waals surface area contributed by atoms with Crippen molar-refractivity contribution in [1.29, 1.82) is 0 Å². The van der Waals surface area contributed by atoms with Crippen LogP contribution < -0.4 is 14.8 Å². The van der Waals surface area contributed by atoms with Crippen LogP contribution in [0.4, 0.5) is 14.9 Å². The van der Waals surface area contributed by atoms with E-state index in [-0.39, 0.29) is 17.9 Å². The molecule has 34 heavy (non-hydrogen) atoms. The molecule has 7 heteroatoms. The zero-order chi connectivity index (χ0) is 23.8. The van der Waals surface area contributed by atoms with Gasteiger partial charge in [-0.3, -0.25) is 0 Å². The molecule has 1 aliphatic rings. The summed E-state index contributed by atoms with van der Waals surface area (Å²) in [5.41, 5.74) is 5.03. The van der Waals surface area contributed by atoms with E-state index in [0.29, 0.717) is 24.2 Å². The highest BCUT2D eigenvalue weighted by Crippen LogP contribution is 2.40. The Bertz CT molecular complexity index is 1360. The minimum absolute atomic E-state index is 0.286. The number of urea groups is 1. The van der Waals surface area contributed by atoms with Gasteiger partial charge in [-0.2, -0.15) is 0 Å². The molecule has 2 N–H and O–H groups in total. The summed E-state index contributed by atoms with van der Waals surface area (Å²) in [6.07, 6.45) is 0.685. The molecular weight excluding hydrogens is 433 g/mol. The smallest absolute Gasteiger partial charge is 0.322 e. The van der Waals surface area contributed by atoms with E-state index < -0.39 is 0 Å². The molecule has 0 aliphatic carbocycles. The van der Waals surface area contributed by atoms with Crippen LogP contribution in [0.15, 0.2) is 60.7 Å². The molecule has 1 aliphatic heterocycles. The van der Waals surface area contributed by atoms with Gasteiger partial charge in [0, 0.05) is 28.8 Å². The predicted molar refractivity (Wildman–Crippen MR) is 130 cm³/mol. The second-order valence-corrected chi connectivity index (χ2v) is 8.44. The summed E-state index contributed by atoms with van der Waals surface area (Å²) in [6, 6.07) is 17.7.